The monoisotopic (exact) mass is 267 g/mol. The number of amides is 1. The minimum atomic E-state index is -0.201. The summed E-state index contributed by atoms with van der Waals surface area (Å²) >= 11 is 0. The molecule has 0 radical (unpaired) electrons. The van der Waals surface area contributed by atoms with Crippen LogP contribution in [0.1, 0.15) is 10.4 Å². The fraction of sp³-hybridized carbons (Fsp3) is 0.125. The summed E-state index contributed by atoms with van der Waals surface area (Å²) in [5.74, 6) is 0.344. The molecule has 0 fully saturated rings. The SMILES string of the molecule is O=C(CN1C(=O)COc2ccccc21)c1ccccc1. The van der Waals surface area contributed by atoms with Gasteiger partial charge in [0.25, 0.3) is 5.91 Å². The minimum absolute atomic E-state index is 0.0287. The van der Waals surface area contributed by atoms with E-state index in [0.717, 1.165) is 0 Å². The maximum absolute atomic E-state index is 12.2. The fourth-order valence-electron chi connectivity index (χ4n) is 2.19. The van der Waals surface area contributed by atoms with Crippen molar-refractivity contribution in [2.24, 2.45) is 0 Å². The summed E-state index contributed by atoms with van der Waals surface area (Å²) < 4.78 is 5.35. The molecule has 0 bridgehead atoms. The molecule has 0 atom stereocenters. The molecular weight excluding hydrogens is 254 g/mol. The Balaban J connectivity index is 1.87. The van der Waals surface area contributed by atoms with Crippen LogP contribution in [0.3, 0.4) is 0 Å². The Morgan fingerprint density at radius 3 is 2.55 bits per heavy atom. The van der Waals surface area contributed by atoms with Crippen LogP contribution in [0.15, 0.2) is 54.6 Å². The number of rotatable bonds is 3. The van der Waals surface area contributed by atoms with Gasteiger partial charge in [0.15, 0.2) is 12.4 Å². The van der Waals surface area contributed by atoms with E-state index >= 15 is 0 Å². The van der Waals surface area contributed by atoms with Gasteiger partial charge in [0.05, 0.1) is 12.2 Å². The second-order valence-electron chi connectivity index (χ2n) is 4.53. The first-order chi connectivity index (χ1) is 9.75. The zero-order valence-electron chi connectivity index (χ0n) is 10.8. The normalized spacial score (nSPS) is 13.6. The number of fused-ring (bicyclic) bond motifs is 1. The number of hydrogen-bond donors (Lipinski definition) is 0. The largest absolute Gasteiger partial charge is 0.482 e. The van der Waals surface area contributed by atoms with Crippen molar-refractivity contribution >= 4 is 17.4 Å². The summed E-state index contributed by atoms with van der Waals surface area (Å²) in [4.78, 5) is 25.7. The van der Waals surface area contributed by atoms with Crippen LogP contribution in [0.4, 0.5) is 5.69 Å². The third-order valence-electron chi connectivity index (χ3n) is 3.21. The molecule has 4 heteroatoms. The summed E-state index contributed by atoms with van der Waals surface area (Å²) in [5.41, 5.74) is 1.25. The van der Waals surface area contributed by atoms with E-state index in [1.54, 1.807) is 24.3 Å². The van der Waals surface area contributed by atoms with E-state index in [1.807, 2.05) is 30.3 Å². The van der Waals surface area contributed by atoms with Crippen LogP contribution >= 0.6 is 0 Å². The van der Waals surface area contributed by atoms with Crippen molar-refractivity contribution < 1.29 is 14.3 Å². The molecule has 4 nitrogen and oxygen atoms in total. The zero-order valence-corrected chi connectivity index (χ0v) is 10.8. The van der Waals surface area contributed by atoms with Crippen molar-refractivity contribution in [3.05, 3.63) is 60.2 Å². The predicted octanol–water partition coefficient (Wildman–Crippen LogP) is 2.29. The summed E-state index contributed by atoms with van der Waals surface area (Å²) in [6, 6.07) is 16.2. The van der Waals surface area contributed by atoms with Crippen molar-refractivity contribution in [2.45, 2.75) is 0 Å². The fourth-order valence-corrected chi connectivity index (χ4v) is 2.19. The molecule has 2 aromatic carbocycles. The number of ether oxygens (including phenoxy) is 1. The number of benzene rings is 2. The average Bonchev–Trinajstić information content (AvgIpc) is 2.51. The molecule has 1 aliphatic heterocycles. The number of para-hydroxylation sites is 2. The van der Waals surface area contributed by atoms with Gasteiger partial charge in [-0.25, -0.2) is 0 Å². The van der Waals surface area contributed by atoms with E-state index in [-0.39, 0.29) is 24.8 Å². The van der Waals surface area contributed by atoms with E-state index in [1.165, 1.54) is 4.90 Å². The first-order valence-electron chi connectivity index (χ1n) is 6.36. The molecule has 0 saturated heterocycles. The predicted molar refractivity (Wildman–Crippen MR) is 75.1 cm³/mol. The molecule has 0 N–H and O–H groups in total. The van der Waals surface area contributed by atoms with Crippen molar-refractivity contribution in [1.82, 2.24) is 0 Å². The highest BCUT2D eigenvalue weighted by Gasteiger charge is 2.27. The first-order valence-corrected chi connectivity index (χ1v) is 6.36. The second kappa shape index (κ2) is 5.17. The standard InChI is InChI=1S/C16H13NO3/c18-14(12-6-2-1-3-7-12)10-17-13-8-4-5-9-15(13)20-11-16(17)19/h1-9H,10-11H2. The lowest BCUT2D eigenvalue weighted by molar-refractivity contribution is -0.121. The van der Waals surface area contributed by atoms with Gasteiger partial charge in [-0.15, -0.1) is 0 Å². The molecule has 0 unspecified atom stereocenters. The number of Topliss-reactive ketones (excluding diaryl/α,β-unsaturated/α-hetero) is 1. The first kappa shape index (κ1) is 12.4. The maximum Gasteiger partial charge on any atom is 0.265 e. The molecule has 100 valence electrons. The van der Waals surface area contributed by atoms with E-state index in [4.69, 9.17) is 4.74 Å². The van der Waals surface area contributed by atoms with Crippen molar-refractivity contribution in [1.29, 1.82) is 0 Å². The average molecular weight is 267 g/mol. The highest BCUT2D eigenvalue weighted by Crippen LogP contribution is 2.31. The van der Waals surface area contributed by atoms with Crippen molar-refractivity contribution in [2.75, 3.05) is 18.1 Å². The van der Waals surface area contributed by atoms with Crippen LogP contribution in [0, 0.1) is 0 Å². The Kier molecular flexibility index (Phi) is 3.21. The van der Waals surface area contributed by atoms with Crippen LogP contribution < -0.4 is 9.64 Å². The van der Waals surface area contributed by atoms with Crippen molar-refractivity contribution in [3.63, 3.8) is 0 Å². The Labute approximate surface area is 116 Å². The van der Waals surface area contributed by atoms with Crippen molar-refractivity contribution in [3.8, 4) is 5.75 Å². The van der Waals surface area contributed by atoms with Gasteiger partial charge < -0.3 is 4.74 Å². The third-order valence-corrected chi connectivity index (χ3v) is 3.21. The van der Waals surface area contributed by atoms with Gasteiger partial charge in [-0.1, -0.05) is 42.5 Å². The Morgan fingerprint density at radius 1 is 1.05 bits per heavy atom. The lowest BCUT2D eigenvalue weighted by Gasteiger charge is -2.28. The van der Waals surface area contributed by atoms with E-state index in [2.05, 4.69) is 0 Å². The molecular formula is C16H13NO3. The molecule has 1 amide bonds. The zero-order chi connectivity index (χ0) is 13.9. The second-order valence-corrected chi connectivity index (χ2v) is 4.53. The van der Waals surface area contributed by atoms with Crippen LogP contribution in [0.2, 0.25) is 0 Å². The van der Waals surface area contributed by atoms with E-state index < -0.39 is 0 Å². The summed E-state index contributed by atoms with van der Waals surface area (Å²) in [5, 5.41) is 0. The van der Waals surface area contributed by atoms with Gasteiger partial charge in [-0.3, -0.25) is 14.5 Å². The number of nitrogens with zero attached hydrogens (tertiary/aromatic N) is 1. The molecule has 0 spiro atoms. The molecule has 20 heavy (non-hydrogen) atoms. The Hall–Kier alpha value is -2.62. The van der Waals surface area contributed by atoms with E-state index in [9.17, 15) is 9.59 Å². The van der Waals surface area contributed by atoms with Gasteiger partial charge in [0.2, 0.25) is 0 Å². The minimum Gasteiger partial charge on any atom is -0.482 e. The molecule has 0 aromatic heterocycles. The third kappa shape index (κ3) is 2.28. The number of carbonyl (C=O) groups is 2. The highest BCUT2D eigenvalue weighted by molar-refractivity contribution is 6.07. The molecule has 2 aromatic rings. The summed E-state index contributed by atoms with van der Waals surface area (Å²) in [6.07, 6.45) is 0. The van der Waals surface area contributed by atoms with E-state index in [0.29, 0.717) is 17.0 Å². The van der Waals surface area contributed by atoms with Gasteiger partial charge in [0, 0.05) is 5.56 Å². The lowest BCUT2D eigenvalue weighted by Crippen LogP contribution is -2.41. The van der Waals surface area contributed by atoms with Crippen LogP contribution in [0.25, 0.3) is 0 Å². The molecule has 1 aliphatic rings. The van der Waals surface area contributed by atoms with Gasteiger partial charge in [-0.2, -0.15) is 0 Å². The molecule has 3 rings (SSSR count). The van der Waals surface area contributed by atoms with Gasteiger partial charge in [-0.05, 0) is 12.1 Å². The molecule has 1 heterocycles. The topological polar surface area (TPSA) is 46.6 Å². The Bertz CT molecular complexity index is 652. The maximum atomic E-state index is 12.2. The van der Waals surface area contributed by atoms with Crippen LogP contribution in [0.5, 0.6) is 5.75 Å². The number of anilines is 1. The number of hydrogen-bond acceptors (Lipinski definition) is 3. The summed E-state index contributed by atoms with van der Waals surface area (Å²) in [6.45, 7) is 0.00228. The lowest BCUT2D eigenvalue weighted by atomic mass is 10.1. The van der Waals surface area contributed by atoms with Crippen LogP contribution in [-0.4, -0.2) is 24.8 Å². The smallest absolute Gasteiger partial charge is 0.265 e. The molecule has 0 saturated carbocycles. The number of ketones is 1. The van der Waals surface area contributed by atoms with Gasteiger partial charge >= 0.3 is 0 Å². The van der Waals surface area contributed by atoms with Gasteiger partial charge in [0.1, 0.15) is 5.75 Å². The van der Waals surface area contributed by atoms with Crippen LogP contribution in [-0.2, 0) is 4.79 Å². The molecule has 0 aliphatic carbocycles. The quantitative estimate of drug-likeness (QED) is 0.802. The number of carbonyl (C=O) groups excluding carboxylic acids is 2. The summed E-state index contributed by atoms with van der Waals surface area (Å²) in [7, 11) is 0. The Morgan fingerprint density at radius 2 is 1.75 bits per heavy atom. The highest BCUT2D eigenvalue weighted by atomic mass is 16.5.